The van der Waals surface area contributed by atoms with E-state index < -0.39 is 0 Å². The van der Waals surface area contributed by atoms with Crippen molar-refractivity contribution in [3.8, 4) is 11.1 Å². The van der Waals surface area contributed by atoms with E-state index in [4.69, 9.17) is 11.6 Å². The van der Waals surface area contributed by atoms with Gasteiger partial charge in [0.25, 0.3) is 5.91 Å². The number of rotatable bonds is 4. The lowest BCUT2D eigenvalue weighted by molar-refractivity contribution is 0.0948. The molecule has 0 bridgehead atoms. The molecule has 0 saturated carbocycles. The first-order chi connectivity index (χ1) is 9.56. The molecule has 1 aromatic heterocycles. The predicted molar refractivity (Wildman–Crippen MR) is 81.9 cm³/mol. The van der Waals surface area contributed by atoms with Crippen molar-refractivity contribution in [2.75, 3.05) is 6.54 Å². The van der Waals surface area contributed by atoms with Crippen molar-refractivity contribution >= 4 is 17.5 Å². The maximum Gasteiger partial charge on any atom is 0.252 e. The van der Waals surface area contributed by atoms with E-state index in [2.05, 4.69) is 24.1 Å². The summed E-state index contributed by atoms with van der Waals surface area (Å²) in [4.78, 5) is 16.2. The number of amides is 1. The maximum absolute atomic E-state index is 12.0. The molecule has 0 aliphatic rings. The highest BCUT2D eigenvalue weighted by atomic mass is 35.5. The van der Waals surface area contributed by atoms with E-state index in [1.165, 1.54) is 0 Å². The Morgan fingerprint density at radius 2 is 1.90 bits per heavy atom. The van der Waals surface area contributed by atoms with Gasteiger partial charge < -0.3 is 5.32 Å². The second kappa shape index (κ2) is 6.53. The van der Waals surface area contributed by atoms with Gasteiger partial charge in [0.2, 0.25) is 0 Å². The topological polar surface area (TPSA) is 42.0 Å². The third kappa shape index (κ3) is 3.81. The molecular formula is C16H17ClN2O. The van der Waals surface area contributed by atoms with Crippen LogP contribution in [-0.4, -0.2) is 17.4 Å². The Bertz CT molecular complexity index is 594. The molecule has 2 aromatic rings. The Morgan fingerprint density at radius 1 is 1.20 bits per heavy atom. The molecule has 4 heteroatoms. The Hall–Kier alpha value is -1.87. The number of hydrogen-bond donors (Lipinski definition) is 1. The van der Waals surface area contributed by atoms with Crippen LogP contribution in [0.4, 0.5) is 0 Å². The van der Waals surface area contributed by atoms with Crippen LogP contribution in [0.15, 0.2) is 42.7 Å². The lowest BCUT2D eigenvalue weighted by Crippen LogP contribution is -2.27. The van der Waals surface area contributed by atoms with Gasteiger partial charge in [-0.15, -0.1) is 0 Å². The summed E-state index contributed by atoms with van der Waals surface area (Å²) in [6.07, 6.45) is 3.32. The van der Waals surface area contributed by atoms with Gasteiger partial charge in [0.15, 0.2) is 0 Å². The molecule has 0 unspecified atom stereocenters. The summed E-state index contributed by atoms with van der Waals surface area (Å²) in [5.74, 6) is 0.327. The SMILES string of the molecule is CC(C)CNC(=O)c1cncc(-c2ccc(Cl)cc2)c1. The second-order valence-corrected chi connectivity index (χ2v) is 5.51. The standard InChI is InChI=1S/C16H17ClN2O/c1-11(2)8-19-16(20)14-7-13(9-18-10-14)12-3-5-15(17)6-4-12/h3-7,9-11H,8H2,1-2H3,(H,19,20). The third-order valence-corrected chi connectivity index (χ3v) is 3.10. The largest absolute Gasteiger partial charge is 0.352 e. The molecule has 0 atom stereocenters. The van der Waals surface area contributed by atoms with Crippen LogP contribution in [0.5, 0.6) is 0 Å². The zero-order chi connectivity index (χ0) is 14.5. The quantitative estimate of drug-likeness (QED) is 0.930. The minimum Gasteiger partial charge on any atom is -0.352 e. The average Bonchev–Trinajstić information content (AvgIpc) is 2.45. The minimum atomic E-state index is -0.0954. The van der Waals surface area contributed by atoms with Crippen LogP contribution in [0.3, 0.4) is 0 Å². The molecule has 0 spiro atoms. The molecule has 0 aliphatic heterocycles. The summed E-state index contributed by atoms with van der Waals surface area (Å²) in [5, 5.41) is 3.57. The summed E-state index contributed by atoms with van der Waals surface area (Å²) in [5.41, 5.74) is 2.46. The highest BCUT2D eigenvalue weighted by Crippen LogP contribution is 2.21. The van der Waals surface area contributed by atoms with Crippen molar-refractivity contribution in [1.82, 2.24) is 10.3 Å². The van der Waals surface area contributed by atoms with Gasteiger partial charge in [-0.25, -0.2) is 0 Å². The first-order valence-electron chi connectivity index (χ1n) is 6.55. The number of carbonyl (C=O) groups is 1. The van der Waals surface area contributed by atoms with Crippen LogP contribution in [0.1, 0.15) is 24.2 Å². The highest BCUT2D eigenvalue weighted by molar-refractivity contribution is 6.30. The van der Waals surface area contributed by atoms with Crippen LogP contribution >= 0.6 is 11.6 Å². The van der Waals surface area contributed by atoms with E-state index in [-0.39, 0.29) is 5.91 Å². The van der Waals surface area contributed by atoms with Gasteiger partial charge in [-0.2, -0.15) is 0 Å². The van der Waals surface area contributed by atoms with Crippen molar-refractivity contribution in [2.45, 2.75) is 13.8 Å². The minimum absolute atomic E-state index is 0.0954. The molecule has 104 valence electrons. The van der Waals surface area contributed by atoms with Gasteiger partial charge in [0, 0.05) is 29.5 Å². The summed E-state index contributed by atoms with van der Waals surface area (Å²) < 4.78 is 0. The Morgan fingerprint density at radius 3 is 2.55 bits per heavy atom. The Balaban J connectivity index is 2.19. The van der Waals surface area contributed by atoms with Gasteiger partial charge in [-0.05, 0) is 29.7 Å². The van der Waals surface area contributed by atoms with Crippen LogP contribution in [0.25, 0.3) is 11.1 Å². The average molecular weight is 289 g/mol. The van der Waals surface area contributed by atoms with E-state index in [1.54, 1.807) is 12.4 Å². The van der Waals surface area contributed by atoms with Gasteiger partial charge in [-0.3, -0.25) is 9.78 Å². The monoisotopic (exact) mass is 288 g/mol. The molecule has 0 radical (unpaired) electrons. The van der Waals surface area contributed by atoms with Crippen LogP contribution in [-0.2, 0) is 0 Å². The second-order valence-electron chi connectivity index (χ2n) is 5.07. The van der Waals surface area contributed by atoms with Gasteiger partial charge in [-0.1, -0.05) is 37.6 Å². The van der Waals surface area contributed by atoms with Crippen LogP contribution < -0.4 is 5.32 Å². The molecule has 1 aromatic carbocycles. The van der Waals surface area contributed by atoms with Crippen molar-refractivity contribution in [1.29, 1.82) is 0 Å². The van der Waals surface area contributed by atoms with E-state index in [0.29, 0.717) is 23.0 Å². The number of halogens is 1. The first kappa shape index (κ1) is 14.5. The zero-order valence-corrected chi connectivity index (χ0v) is 12.3. The number of nitrogens with one attached hydrogen (secondary N) is 1. The summed E-state index contributed by atoms with van der Waals surface area (Å²) in [7, 11) is 0. The molecule has 2 rings (SSSR count). The molecule has 20 heavy (non-hydrogen) atoms. The number of benzene rings is 1. The first-order valence-corrected chi connectivity index (χ1v) is 6.93. The normalized spacial score (nSPS) is 10.6. The lowest BCUT2D eigenvalue weighted by Gasteiger charge is -2.08. The molecule has 0 aliphatic carbocycles. The lowest BCUT2D eigenvalue weighted by atomic mass is 10.1. The molecule has 0 fully saturated rings. The van der Waals surface area contributed by atoms with Crippen LogP contribution in [0.2, 0.25) is 5.02 Å². The fourth-order valence-corrected chi connectivity index (χ4v) is 1.89. The molecule has 1 heterocycles. The zero-order valence-electron chi connectivity index (χ0n) is 11.6. The number of hydrogen-bond acceptors (Lipinski definition) is 2. The number of aromatic nitrogens is 1. The van der Waals surface area contributed by atoms with Crippen molar-refractivity contribution in [3.63, 3.8) is 0 Å². The smallest absolute Gasteiger partial charge is 0.252 e. The number of pyridine rings is 1. The molecule has 1 amide bonds. The molecular weight excluding hydrogens is 272 g/mol. The Labute approximate surface area is 124 Å². The van der Waals surface area contributed by atoms with Crippen molar-refractivity contribution in [3.05, 3.63) is 53.3 Å². The van der Waals surface area contributed by atoms with E-state index >= 15 is 0 Å². The Kier molecular flexibility index (Phi) is 4.74. The molecule has 1 N–H and O–H groups in total. The van der Waals surface area contributed by atoms with Crippen molar-refractivity contribution in [2.24, 2.45) is 5.92 Å². The number of carbonyl (C=O) groups excluding carboxylic acids is 1. The number of nitrogens with zero attached hydrogens (tertiary/aromatic N) is 1. The van der Waals surface area contributed by atoms with Crippen LogP contribution in [0, 0.1) is 5.92 Å². The van der Waals surface area contributed by atoms with Gasteiger partial charge in [0.05, 0.1) is 5.56 Å². The fraction of sp³-hybridized carbons (Fsp3) is 0.250. The third-order valence-electron chi connectivity index (χ3n) is 2.85. The van der Waals surface area contributed by atoms with E-state index in [9.17, 15) is 4.79 Å². The molecule has 3 nitrogen and oxygen atoms in total. The fourth-order valence-electron chi connectivity index (χ4n) is 1.76. The van der Waals surface area contributed by atoms with Crippen molar-refractivity contribution < 1.29 is 4.79 Å². The summed E-state index contributed by atoms with van der Waals surface area (Å²) >= 11 is 5.87. The summed E-state index contributed by atoms with van der Waals surface area (Å²) in [6.45, 7) is 4.77. The molecule has 0 saturated heterocycles. The maximum atomic E-state index is 12.0. The van der Waals surface area contributed by atoms with Gasteiger partial charge >= 0.3 is 0 Å². The summed E-state index contributed by atoms with van der Waals surface area (Å²) in [6, 6.07) is 9.31. The van der Waals surface area contributed by atoms with E-state index in [0.717, 1.165) is 11.1 Å². The van der Waals surface area contributed by atoms with E-state index in [1.807, 2.05) is 30.3 Å². The highest BCUT2D eigenvalue weighted by Gasteiger charge is 2.08. The van der Waals surface area contributed by atoms with Gasteiger partial charge in [0.1, 0.15) is 0 Å². The predicted octanol–water partition coefficient (Wildman–Crippen LogP) is 3.79.